The van der Waals surface area contributed by atoms with E-state index in [1.807, 2.05) is 18.2 Å². The number of carboxylic acid groups (broad SMARTS) is 1. The predicted octanol–water partition coefficient (Wildman–Crippen LogP) is 5.37. The highest BCUT2D eigenvalue weighted by molar-refractivity contribution is 5.70. The lowest BCUT2D eigenvalue weighted by atomic mass is 9.69. The van der Waals surface area contributed by atoms with Crippen LogP contribution in [0.15, 0.2) is 103 Å². The van der Waals surface area contributed by atoms with Crippen molar-refractivity contribution < 1.29 is 9.90 Å². The fraction of sp³-hybridized carbons (Fsp3) is 0.250. The summed E-state index contributed by atoms with van der Waals surface area (Å²) in [5, 5.41) is 9.41. The minimum atomic E-state index is -0.680. The monoisotopic (exact) mass is 411 g/mol. The molecule has 1 aliphatic heterocycles. The number of aliphatic carboxylic acids is 1. The highest BCUT2D eigenvalue weighted by atomic mass is 16.4. The fourth-order valence-corrected chi connectivity index (χ4v) is 4.69. The zero-order valence-electron chi connectivity index (χ0n) is 17.7. The summed E-state index contributed by atoms with van der Waals surface area (Å²) in [4.78, 5) is 13.7. The lowest BCUT2D eigenvalue weighted by Crippen LogP contribution is -2.38. The second-order valence-corrected chi connectivity index (χ2v) is 8.25. The molecule has 1 aliphatic rings. The standard InChI is InChI=1S/C28H29NO2/c30-27(31)23-12-10-20-29(22-23)21-11-19-28(24-13-4-1-5-14-24,25-15-6-2-7-16-25)26-17-8-3-9-18-26/h1-9,11,13-19,23H,10,12,20-22H2,(H,30,31)/b19-11+. The van der Waals surface area contributed by atoms with Crippen LogP contribution < -0.4 is 0 Å². The van der Waals surface area contributed by atoms with Crippen LogP contribution in [0.4, 0.5) is 0 Å². The first-order valence-corrected chi connectivity index (χ1v) is 11.0. The molecule has 3 heteroatoms. The van der Waals surface area contributed by atoms with Gasteiger partial charge in [0.05, 0.1) is 11.3 Å². The first-order valence-electron chi connectivity index (χ1n) is 11.0. The van der Waals surface area contributed by atoms with Gasteiger partial charge in [0.2, 0.25) is 0 Å². The Hall–Kier alpha value is -3.17. The van der Waals surface area contributed by atoms with Crippen LogP contribution in [0, 0.1) is 5.92 Å². The molecule has 0 spiro atoms. The molecule has 0 radical (unpaired) electrons. The molecule has 0 bridgehead atoms. The van der Waals surface area contributed by atoms with E-state index in [1.165, 1.54) is 16.7 Å². The van der Waals surface area contributed by atoms with Crippen LogP contribution in [-0.2, 0) is 10.2 Å². The summed E-state index contributed by atoms with van der Waals surface area (Å²) < 4.78 is 0. The second-order valence-electron chi connectivity index (χ2n) is 8.25. The molecule has 1 heterocycles. The SMILES string of the molecule is O=C(O)C1CCCN(C/C=C/C(c2ccccc2)(c2ccccc2)c2ccccc2)C1. The lowest BCUT2D eigenvalue weighted by Gasteiger charge is -2.34. The highest BCUT2D eigenvalue weighted by Crippen LogP contribution is 2.40. The van der Waals surface area contributed by atoms with Gasteiger partial charge in [0.15, 0.2) is 0 Å². The second kappa shape index (κ2) is 9.76. The van der Waals surface area contributed by atoms with Crippen LogP contribution in [0.3, 0.4) is 0 Å². The number of piperidine rings is 1. The minimum absolute atomic E-state index is 0.260. The summed E-state index contributed by atoms with van der Waals surface area (Å²) in [6.07, 6.45) is 6.23. The molecule has 0 saturated carbocycles. The molecule has 0 amide bonds. The van der Waals surface area contributed by atoms with E-state index >= 15 is 0 Å². The van der Waals surface area contributed by atoms with Crippen molar-refractivity contribution in [2.24, 2.45) is 5.92 Å². The van der Waals surface area contributed by atoms with Crippen molar-refractivity contribution in [3.05, 3.63) is 120 Å². The average molecular weight is 412 g/mol. The molecular weight excluding hydrogens is 382 g/mol. The van der Waals surface area contributed by atoms with Crippen molar-refractivity contribution in [2.45, 2.75) is 18.3 Å². The molecular formula is C28H29NO2. The number of benzene rings is 3. The summed E-state index contributed by atoms with van der Waals surface area (Å²) in [7, 11) is 0. The Balaban J connectivity index is 1.74. The first kappa shape index (κ1) is 21.1. The van der Waals surface area contributed by atoms with Gasteiger partial charge in [0, 0.05) is 13.1 Å². The molecule has 0 aromatic heterocycles. The topological polar surface area (TPSA) is 40.5 Å². The molecule has 158 valence electrons. The fourth-order valence-electron chi connectivity index (χ4n) is 4.69. The summed E-state index contributed by atoms with van der Waals surface area (Å²) in [5.74, 6) is -0.940. The Morgan fingerprint density at radius 2 is 1.35 bits per heavy atom. The van der Waals surface area contributed by atoms with Gasteiger partial charge in [-0.15, -0.1) is 0 Å². The predicted molar refractivity (Wildman–Crippen MR) is 125 cm³/mol. The zero-order valence-corrected chi connectivity index (χ0v) is 17.7. The van der Waals surface area contributed by atoms with E-state index in [0.29, 0.717) is 6.54 Å². The number of likely N-dealkylation sites (tertiary alicyclic amines) is 1. The van der Waals surface area contributed by atoms with E-state index in [2.05, 4.69) is 89.8 Å². The normalized spacial score (nSPS) is 17.6. The number of rotatable bonds is 7. The summed E-state index contributed by atoms with van der Waals surface area (Å²) in [6.45, 7) is 2.32. The molecule has 3 nitrogen and oxygen atoms in total. The van der Waals surface area contributed by atoms with Crippen molar-refractivity contribution in [3.8, 4) is 0 Å². The maximum Gasteiger partial charge on any atom is 0.307 e. The van der Waals surface area contributed by atoms with Gasteiger partial charge in [0.25, 0.3) is 0 Å². The molecule has 4 rings (SSSR count). The van der Waals surface area contributed by atoms with Crippen molar-refractivity contribution >= 4 is 5.97 Å². The first-order chi connectivity index (χ1) is 15.2. The molecule has 1 atom stereocenters. The molecule has 31 heavy (non-hydrogen) atoms. The molecule has 1 fully saturated rings. The molecule has 1 N–H and O–H groups in total. The number of hydrogen-bond acceptors (Lipinski definition) is 2. The number of allylic oxidation sites excluding steroid dienone is 1. The number of carbonyl (C=O) groups is 1. The van der Waals surface area contributed by atoms with Crippen LogP contribution in [-0.4, -0.2) is 35.6 Å². The molecule has 0 aliphatic carbocycles. The number of carboxylic acids is 1. The van der Waals surface area contributed by atoms with Crippen LogP contribution in [0.5, 0.6) is 0 Å². The van der Waals surface area contributed by atoms with Gasteiger partial charge in [-0.3, -0.25) is 9.69 Å². The average Bonchev–Trinajstić information content (AvgIpc) is 2.84. The maximum atomic E-state index is 11.4. The smallest absolute Gasteiger partial charge is 0.307 e. The van der Waals surface area contributed by atoms with Crippen molar-refractivity contribution in [1.82, 2.24) is 4.90 Å². The Kier molecular flexibility index (Phi) is 6.63. The van der Waals surface area contributed by atoms with E-state index in [-0.39, 0.29) is 5.92 Å². The van der Waals surface area contributed by atoms with Crippen molar-refractivity contribution in [3.63, 3.8) is 0 Å². The zero-order chi connectivity index (χ0) is 21.5. The van der Waals surface area contributed by atoms with Gasteiger partial charge < -0.3 is 5.11 Å². The quantitative estimate of drug-likeness (QED) is 0.419. The van der Waals surface area contributed by atoms with Gasteiger partial charge >= 0.3 is 5.97 Å². The van der Waals surface area contributed by atoms with E-state index < -0.39 is 11.4 Å². The summed E-state index contributed by atoms with van der Waals surface area (Å²) in [5.41, 5.74) is 3.23. The van der Waals surface area contributed by atoms with Crippen molar-refractivity contribution in [2.75, 3.05) is 19.6 Å². The summed E-state index contributed by atoms with van der Waals surface area (Å²) >= 11 is 0. The molecule has 1 saturated heterocycles. The molecule has 3 aromatic carbocycles. The van der Waals surface area contributed by atoms with Gasteiger partial charge in [0.1, 0.15) is 0 Å². The highest BCUT2D eigenvalue weighted by Gasteiger charge is 2.33. The van der Waals surface area contributed by atoms with Gasteiger partial charge in [-0.2, -0.15) is 0 Å². The van der Waals surface area contributed by atoms with Gasteiger partial charge in [-0.05, 0) is 36.1 Å². The van der Waals surface area contributed by atoms with E-state index in [4.69, 9.17) is 0 Å². The van der Waals surface area contributed by atoms with Gasteiger partial charge in [-0.25, -0.2) is 0 Å². The third-order valence-corrected chi connectivity index (χ3v) is 6.27. The summed E-state index contributed by atoms with van der Waals surface area (Å²) in [6, 6.07) is 31.8. The van der Waals surface area contributed by atoms with Crippen LogP contribution in [0.2, 0.25) is 0 Å². The van der Waals surface area contributed by atoms with E-state index in [9.17, 15) is 9.90 Å². The van der Waals surface area contributed by atoms with E-state index in [0.717, 1.165) is 25.9 Å². The Labute approximate surface area is 184 Å². The maximum absolute atomic E-state index is 11.4. The Morgan fingerprint density at radius 1 is 0.871 bits per heavy atom. The Bertz CT molecular complexity index is 902. The number of nitrogens with zero attached hydrogens (tertiary/aromatic N) is 1. The van der Waals surface area contributed by atoms with E-state index in [1.54, 1.807) is 0 Å². The van der Waals surface area contributed by atoms with Crippen LogP contribution >= 0.6 is 0 Å². The lowest BCUT2D eigenvalue weighted by molar-refractivity contribution is -0.143. The third-order valence-electron chi connectivity index (χ3n) is 6.27. The van der Waals surface area contributed by atoms with Gasteiger partial charge in [-0.1, -0.05) is 103 Å². The minimum Gasteiger partial charge on any atom is -0.481 e. The third kappa shape index (κ3) is 4.62. The van der Waals surface area contributed by atoms with Crippen LogP contribution in [0.25, 0.3) is 0 Å². The molecule has 3 aromatic rings. The largest absolute Gasteiger partial charge is 0.481 e. The number of hydrogen-bond donors (Lipinski definition) is 1. The Morgan fingerprint density at radius 3 is 1.81 bits per heavy atom. The molecule has 1 unspecified atom stereocenters. The van der Waals surface area contributed by atoms with Crippen molar-refractivity contribution in [1.29, 1.82) is 0 Å². The van der Waals surface area contributed by atoms with Crippen LogP contribution in [0.1, 0.15) is 29.5 Å².